The summed E-state index contributed by atoms with van der Waals surface area (Å²) < 4.78 is 16.8. The molecule has 0 aliphatic carbocycles. The van der Waals surface area contributed by atoms with E-state index in [1.807, 2.05) is 6.07 Å². The molecule has 10 heteroatoms. The van der Waals surface area contributed by atoms with E-state index in [2.05, 4.69) is 0 Å². The van der Waals surface area contributed by atoms with E-state index in [9.17, 15) is 18.8 Å². The molecule has 174 valence electrons. The highest BCUT2D eigenvalue weighted by atomic mass is 35.5. The Labute approximate surface area is 203 Å². The minimum absolute atomic E-state index is 0.0364. The Morgan fingerprint density at radius 3 is 2.06 bits per heavy atom. The third kappa shape index (κ3) is 4.48. The van der Waals surface area contributed by atoms with Gasteiger partial charge >= 0.3 is 17.1 Å². The van der Waals surface area contributed by atoms with Crippen LogP contribution in [0.4, 0.5) is 4.39 Å². The topological polar surface area (TPSA) is 92.0 Å². The Balaban J connectivity index is 1.96. The molecule has 4 aromatic rings. The van der Waals surface area contributed by atoms with Crippen molar-refractivity contribution in [3.8, 4) is 5.69 Å². The molecule has 0 saturated heterocycles. The molecule has 1 atom stereocenters. The summed E-state index contributed by atoms with van der Waals surface area (Å²) in [7, 11) is 0. The fourth-order valence-electron chi connectivity index (χ4n) is 3.61. The molecule has 0 bridgehead atoms. The second kappa shape index (κ2) is 9.80. The molecule has 0 radical (unpaired) electrons. The molecule has 7 nitrogen and oxygen atoms in total. The number of aromatic nitrogens is 3. The molecule has 0 amide bonds. The molecule has 0 fully saturated rings. The number of hydrogen-bond donors (Lipinski definition) is 1. The van der Waals surface area contributed by atoms with Gasteiger partial charge in [-0.15, -0.1) is 0 Å². The van der Waals surface area contributed by atoms with Gasteiger partial charge in [0.25, 0.3) is 0 Å². The number of para-hydroxylation sites is 1. The summed E-state index contributed by atoms with van der Waals surface area (Å²) in [6, 6.07) is 18.4. The van der Waals surface area contributed by atoms with Gasteiger partial charge < -0.3 is 5.73 Å². The van der Waals surface area contributed by atoms with Gasteiger partial charge in [0, 0.05) is 16.6 Å². The number of nitrogens with zero attached hydrogens (tertiary/aromatic N) is 3. The Morgan fingerprint density at radius 1 is 0.765 bits per heavy atom. The highest BCUT2D eigenvalue weighted by molar-refractivity contribution is 6.32. The molecule has 3 aromatic carbocycles. The molecular weight excluding hydrogens is 482 g/mol. The number of halogens is 3. The maximum absolute atomic E-state index is 14.5. The van der Waals surface area contributed by atoms with Crippen molar-refractivity contribution in [2.75, 3.05) is 0 Å². The van der Waals surface area contributed by atoms with E-state index in [1.54, 1.807) is 36.4 Å². The molecule has 0 aliphatic rings. The molecule has 34 heavy (non-hydrogen) atoms. The Morgan fingerprint density at radius 2 is 1.38 bits per heavy atom. The van der Waals surface area contributed by atoms with E-state index in [0.29, 0.717) is 5.56 Å². The van der Waals surface area contributed by atoms with Gasteiger partial charge in [0.1, 0.15) is 5.82 Å². The van der Waals surface area contributed by atoms with Gasteiger partial charge in [-0.1, -0.05) is 71.7 Å². The Kier molecular flexibility index (Phi) is 6.83. The predicted molar refractivity (Wildman–Crippen MR) is 129 cm³/mol. The third-order valence-electron chi connectivity index (χ3n) is 5.38. The Bertz CT molecular complexity index is 1510. The number of nitrogens with two attached hydrogens (primary N) is 1. The molecule has 1 unspecified atom stereocenters. The standard InChI is InChI=1S/C24H19Cl2FN4O3/c25-17-10-6-11-19(27)16(17)13-29-22(32)30(14-20(28)15-7-2-1-3-8-15)24(34)31(23(29)33)21-12-5-4-9-18(21)26/h1-12,20H,13-14,28H2. The summed E-state index contributed by atoms with van der Waals surface area (Å²) in [5, 5.41) is 0.157. The normalized spacial score (nSPS) is 12.0. The molecule has 1 aromatic heterocycles. The van der Waals surface area contributed by atoms with E-state index < -0.39 is 35.5 Å². The van der Waals surface area contributed by atoms with E-state index in [1.165, 1.54) is 30.3 Å². The maximum Gasteiger partial charge on any atom is 0.341 e. The van der Waals surface area contributed by atoms with Crippen molar-refractivity contribution in [1.82, 2.24) is 13.7 Å². The zero-order valence-corrected chi connectivity index (χ0v) is 19.2. The van der Waals surface area contributed by atoms with E-state index in [-0.39, 0.29) is 27.8 Å². The van der Waals surface area contributed by atoms with E-state index in [0.717, 1.165) is 13.7 Å². The SMILES string of the molecule is NC(Cn1c(=O)n(Cc2c(F)cccc2Cl)c(=O)n(-c2ccccc2Cl)c1=O)c1ccccc1. The van der Waals surface area contributed by atoms with Crippen molar-refractivity contribution in [2.45, 2.75) is 19.1 Å². The van der Waals surface area contributed by atoms with Gasteiger partial charge in [-0.2, -0.15) is 0 Å². The summed E-state index contributed by atoms with van der Waals surface area (Å²) >= 11 is 12.4. The zero-order valence-electron chi connectivity index (χ0n) is 17.7. The van der Waals surface area contributed by atoms with Gasteiger partial charge in [-0.3, -0.25) is 0 Å². The zero-order chi connectivity index (χ0) is 24.4. The molecule has 1 heterocycles. The first-order chi connectivity index (χ1) is 16.3. The van der Waals surface area contributed by atoms with Gasteiger partial charge in [0.2, 0.25) is 0 Å². The highest BCUT2D eigenvalue weighted by Crippen LogP contribution is 2.20. The van der Waals surface area contributed by atoms with Crippen LogP contribution in [0.1, 0.15) is 17.2 Å². The second-order valence-corrected chi connectivity index (χ2v) is 8.36. The van der Waals surface area contributed by atoms with Crippen LogP contribution >= 0.6 is 23.2 Å². The second-order valence-electron chi connectivity index (χ2n) is 7.55. The van der Waals surface area contributed by atoms with Gasteiger partial charge in [-0.25, -0.2) is 32.5 Å². The first kappa shape index (κ1) is 23.7. The monoisotopic (exact) mass is 500 g/mol. The molecule has 0 spiro atoms. The fourth-order valence-corrected chi connectivity index (χ4v) is 4.05. The van der Waals surface area contributed by atoms with Crippen molar-refractivity contribution >= 4 is 23.2 Å². The first-order valence-electron chi connectivity index (χ1n) is 10.2. The predicted octanol–water partition coefficient (Wildman–Crippen LogP) is 3.36. The smallest absolute Gasteiger partial charge is 0.322 e. The summed E-state index contributed by atoms with van der Waals surface area (Å²) in [4.78, 5) is 40.1. The van der Waals surface area contributed by atoms with Crippen LogP contribution in [0.2, 0.25) is 10.0 Å². The first-order valence-corrected chi connectivity index (χ1v) is 11.0. The third-order valence-corrected chi connectivity index (χ3v) is 6.06. The Hall–Kier alpha value is -3.46. The summed E-state index contributed by atoms with van der Waals surface area (Å²) in [5.41, 5.74) is 4.14. The minimum Gasteiger partial charge on any atom is -0.322 e. The fraction of sp³-hybridized carbons (Fsp3) is 0.125. The van der Waals surface area contributed by atoms with Crippen LogP contribution in [0.25, 0.3) is 5.69 Å². The van der Waals surface area contributed by atoms with E-state index >= 15 is 0 Å². The van der Waals surface area contributed by atoms with Crippen LogP contribution in [0, 0.1) is 5.82 Å². The number of rotatable bonds is 6. The number of hydrogen-bond acceptors (Lipinski definition) is 4. The largest absolute Gasteiger partial charge is 0.341 e. The average molecular weight is 501 g/mol. The quantitative estimate of drug-likeness (QED) is 0.439. The molecule has 4 rings (SSSR count). The number of benzene rings is 3. The van der Waals surface area contributed by atoms with Gasteiger partial charge in [-0.05, 0) is 29.8 Å². The van der Waals surface area contributed by atoms with Crippen molar-refractivity contribution in [2.24, 2.45) is 5.73 Å². The lowest BCUT2D eigenvalue weighted by Gasteiger charge is -2.18. The van der Waals surface area contributed by atoms with Crippen LogP contribution in [-0.2, 0) is 13.1 Å². The van der Waals surface area contributed by atoms with Crippen molar-refractivity contribution < 1.29 is 4.39 Å². The lowest BCUT2D eigenvalue weighted by atomic mass is 10.1. The summed E-state index contributed by atoms with van der Waals surface area (Å²) in [6.07, 6.45) is 0. The van der Waals surface area contributed by atoms with Crippen LogP contribution in [0.3, 0.4) is 0 Å². The minimum atomic E-state index is -0.980. The van der Waals surface area contributed by atoms with Crippen molar-refractivity contribution in [3.05, 3.63) is 131 Å². The highest BCUT2D eigenvalue weighted by Gasteiger charge is 2.21. The maximum atomic E-state index is 14.5. The van der Waals surface area contributed by atoms with Crippen molar-refractivity contribution in [3.63, 3.8) is 0 Å². The average Bonchev–Trinajstić information content (AvgIpc) is 2.83. The van der Waals surface area contributed by atoms with Crippen LogP contribution in [0.15, 0.2) is 87.2 Å². The lowest BCUT2D eigenvalue weighted by Crippen LogP contribution is -2.55. The van der Waals surface area contributed by atoms with Gasteiger partial charge in [0.05, 0.1) is 23.8 Å². The lowest BCUT2D eigenvalue weighted by molar-refractivity contribution is 0.465. The molecule has 0 aliphatic heterocycles. The summed E-state index contributed by atoms with van der Waals surface area (Å²) in [6.45, 7) is -0.716. The van der Waals surface area contributed by atoms with Crippen LogP contribution < -0.4 is 22.8 Å². The van der Waals surface area contributed by atoms with Gasteiger partial charge in [0.15, 0.2) is 0 Å². The van der Waals surface area contributed by atoms with Crippen molar-refractivity contribution in [1.29, 1.82) is 0 Å². The van der Waals surface area contributed by atoms with Crippen LogP contribution in [-0.4, -0.2) is 13.7 Å². The molecule has 2 N–H and O–H groups in total. The molecule has 0 saturated carbocycles. The molecular formula is C24H19Cl2FN4O3. The van der Waals surface area contributed by atoms with Crippen LogP contribution in [0.5, 0.6) is 0 Å². The summed E-state index contributed by atoms with van der Waals surface area (Å²) in [5.74, 6) is -0.693. The van der Waals surface area contributed by atoms with E-state index in [4.69, 9.17) is 28.9 Å².